The lowest BCUT2D eigenvalue weighted by Gasteiger charge is -2.53. The van der Waals surface area contributed by atoms with Gasteiger partial charge in [-0.2, -0.15) is 0 Å². The van der Waals surface area contributed by atoms with Crippen molar-refractivity contribution in [3.8, 4) is 0 Å². The van der Waals surface area contributed by atoms with Gasteiger partial charge in [-0.25, -0.2) is 0 Å². The number of hydrogen-bond acceptors (Lipinski definition) is 3. The van der Waals surface area contributed by atoms with Crippen LogP contribution in [0.1, 0.15) is 79.6 Å². The van der Waals surface area contributed by atoms with E-state index in [4.69, 9.17) is 4.74 Å². The molecule has 1 saturated heterocycles. The average molecular weight is 435 g/mol. The van der Waals surface area contributed by atoms with Gasteiger partial charge in [-0.05, 0) is 62.0 Å². The van der Waals surface area contributed by atoms with Crippen LogP contribution in [-0.4, -0.2) is 33.0 Å². The third-order valence-corrected chi connectivity index (χ3v) is 8.41. The van der Waals surface area contributed by atoms with Crippen molar-refractivity contribution in [1.82, 2.24) is 0 Å². The fraction of sp³-hybridized carbons (Fsp3) is 0.769. The van der Waals surface area contributed by atoms with Gasteiger partial charge in [0.05, 0.1) is 17.5 Å². The third kappa shape index (κ3) is 5.12. The molecule has 0 bridgehead atoms. The van der Waals surface area contributed by atoms with E-state index in [2.05, 4.69) is 46.8 Å². The smallest absolute Gasteiger partial charge is 0.0988 e. The summed E-state index contributed by atoms with van der Waals surface area (Å²) >= 11 is 0. The molecule has 1 heterocycles. The zero-order valence-electron chi connectivity index (χ0n) is 19.9. The summed E-state index contributed by atoms with van der Waals surface area (Å²) < 4.78 is 18.4. The summed E-state index contributed by atoms with van der Waals surface area (Å²) in [6, 6.07) is 0. The minimum Gasteiger partial charge on any atom is -0.512 e. The molecule has 1 aliphatic heterocycles. The summed E-state index contributed by atoms with van der Waals surface area (Å²) in [4.78, 5) is 0. The topological polar surface area (TPSA) is 46.5 Å². The van der Waals surface area contributed by atoms with Gasteiger partial charge in [0.2, 0.25) is 0 Å². The second-order valence-electron chi connectivity index (χ2n) is 10.9. The third-order valence-electron chi connectivity index (χ3n) is 7.64. The summed E-state index contributed by atoms with van der Waals surface area (Å²) in [5, 5.41) is 11.2. The summed E-state index contributed by atoms with van der Waals surface area (Å²) in [6.45, 7) is 11.2. The first-order valence-electron chi connectivity index (χ1n) is 11.8. The predicted molar refractivity (Wildman–Crippen MR) is 127 cm³/mol. The highest BCUT2D eigenvalue weighted by Gasteiger charge is 2.52. The van der Waals surface area contributed by atoms with Crippen molar-refractivity contribution >= 4 is 10.8 Å². The van der Waals surface area contributed by atoms with Crippen LogP contribution in [0.2, 0.25) is 0 Å². The van der Waals surface area contributed by atoms with Crippen molar-refractivity contribution in [2.75, 3.05) is 12.0 Å². The lowest BCUT2D eigenvalue weighted by atomic mass is 9.61. The Balaban J connectivity index is 1.82. The number of unbranched alkanes of at least 4 members (excludes halogenated alkanes) is 3. The Morgan fingerprint density at radius 1 is 1.27 bits per heavy atom. The largest absolute Gasteiger partial charge is 0.512 e. The molecule has 0 amide bonds. The normalized spacial score (nSPS) is 31.7. The first-order valence-corrected chi connectivity index (χ1v) is 13.6. The first kappa shape index (κ1) is 23.8. The average Bonchev–Trinajstić information content (AvgIpc) is 2.63. The first-order chi connectivity index (χ1) is 14.0. The number of hydrogen-bond donors (Lipinski definition) is 1. The summed E-state index contributed by atoms with van der Waals surface area (Å²) in [5.41, 5.74) is 2.30. The minimum atomic E-state index is -0.824. The number of fused-ring (bicyclic) bond motifs is 3. The van der Waals surface area contributed by atoms with E-state index in [9.17, 15) is 9.32 Å². The van der Waals surface area contributed by atoms with Crippen LogP contribution in [0.3, 0.4) is 0 Å². The van der Waals surface area contributed by atoms with Crippen LogP contribution in [0.4, 0.5) is 0 Å². The zero-order valence-corrected chi connectivity index (χ0v) is 20.7. The Bertz CT molecular complexity index is 743. The molecule has 0 aromatic rings. The Morgan fingerprint density at radius 2 is 2.00 bits per heavy atom. The minimum absolute atomic E-state index is 0.0108. The standard InChI is InChI=1S/C26H42O3S/c1-7-8-9-10-13-25(2,3)19-15-22(27)24-20-14-18(17-30(6)28)11-12-21(20)26(4,5)29-23(24)16-19/h11,15-16,20-21,23-24,27H,7-10,12-14,17H2,1-6H3/t20?,21-,23?,24+,30?/m0/s1. The van der Waals surface area contributed by atoms with Crippen molar-refractivity contribution in [2.45, 2.75) is 91.3 Å². The molecule has 0 spiro atoms. The van der Waals surface area contributed by atoms with Gasteiger partial charge in [0.1, 0.15) is 0 Å². The number of ether oxygens (including phenoxy) is 1. The lowest BCUT2D eigenvalue weighted by molar-refractivity contribution is -0.177. The van der Waals surface area contributed by atoms with Gasteiger partial charge in [0.25, 0.3) is 0 Å². The molecule has 3 unspecified atom stereocenters. The molecular weight excluding hydrogens is 392 g/mol. The Hall–Kier alpha value is -0.870. The molecule has 3 nitrogen and oxygen atoms in total. The van der Waals surface area contributed by atoms with E-state index in [0.29, 0.717) is 23.3 Å². The van der Waals surface area contributed by atoms with Gasteiger partial charge in [0, 0.05) is 28.7 Å². The van der Waals surface area contributed by atoms with Crippen LogP contribution in [0.15, 0.2) is 35.1 Å². The highest BCUT2D eigenvalue weighted by molar-refractivity contribution is 7.84. The van der Waals surface area contributed by atoms with E-state index in [-0.39, 0.29) is 23.0 Å². The van der Waals surface area contributed by atoms with Gasteiger partial charge in [0.15, 0.2) is 0 Å². The molecule has 3 aliphatic rings. The van der Waals surface area contributed by atoms with E-state index in [1.165, 1.54) is 36.8 Å². The molecule has 2 aliphatic carbocycles. The SMILES string of the molecule is CCCCCCC(C)(C)C1=CC2OC(C)(C)[C@H]3CC=C(CS(C)=O)CC3[C@@H]2C(O)=C1. The van der Waals surface area contributed by atoms with E-state index < -0.39 is 10.8 Å². The molecule has 3 rings (SSSR count). The molecule has 170 valence electrons. The highest BCUT2D eigenvalue weighted by atomic mass is 32.2. The van der Waals surface area contributed by atoms with E-state index in [1.54, 1.807) is 6.26 Å². The summed E-state index contributed by atoms with van der Waals surface area (Å²) in [7, 11) is -0.824. The van der Waals surface area contributed by atoms with Crippen LogP contribution in [0, 0.1) is 23.2 Å². The Morgan fingerprint density at radius 3 is 2.67 bits per heavy atom. The fourth-order valence-corrected chi connectivity index (χ4v) is 6.63. The van der Waals surface area contributed by atoms with Gasteiger partial charge in [-0.15, -0.1) is 0 Å². The fourth-order valence-electron chi connectivity index (χ4n) is 5.87. The van der Waals surface area contributed by atoms with Crippen LogP contribution < -0.4 is 0 Å². The monoisotopic (exact) mass is 434 g/mol. The van der Waals surface area contributed by atoms with Gasteiger partial charge >= 0.3 is 0 Å². The van der Waals surface area contributed by atoms with Crippen LogP contribution >= 0.6 is 0 Å². The maximum Gasteiger partial charge on any atom is 0.0988 e. The highest BCUT2D eigenvalue weighted by Crippen LogP contribution is 2.53. The van der Waals surface area contributed by atoms with Gasteiger partial charge in [-0.3, -0.25) is 4.21 Å². The maximum absolute atomic E-state index is 11.8. The van der Waals surface area contributed by atoms with Gasteiger partial charge in [-0.1, -0.05) is 64.2 Å². The number of allylic oxidation sites excluding steroid dienone is 3. The number of rotatable bonds is 8. The van der Waals surface area contributed by atoms with Gasteiger partial charge < -0.3 is 9.84 Å². The molecular formula is C26H42O3S. The lowest BCUT2D eigenvalue weighted by Crippen LogP contribution is -2.54. The number of aliphatic hydroxyl groups is 1. The van der Waals surface area contributed by atoms with E-state index in [0.717, 1.165) is 19.3 Å². The van der Waals surface area contributed by atoms with E-state index in [1.807, 2.05) is 6.08 Å². The Kier molecular flexibility index (Phi) is 7.39. The van der Waals surface area contributed by atoms with Crippen LogP contribution in [-0.2, 0) is 15.5 Å². The molecule has 1 N–H and O–H groups in total. The van der Waals surface area contributed by atoms with Crippen molar-refractivity contribution in [3.05, 3.63) is 35.1 Å². The molecule has 5 atom stereocenters. The molecule has 0 aromatic heterocycles. The predicted octanol–water partition coefficient (Wildman–Crippen LogP) is 6.49. The van der Waals surface area contributed by atoms with Crippen molar-refractivity contribution < 1.29 is 14.1 Å². The Labute approximate surface area is 186 Å². The molecule has 0 aromatic carbocycles. The molecule has 0 radical (unpaired) electrons. The maximum atomic E-state index is 11.8. The molecule has 1 fully saturated rings. The second-order valence-corrected chi connectivity index (χ2v) is 12.3. The summed E-state index contributed by atoms with van der Waals surface area (Å²) in [5.74, 6) is 1.86. The quantitative estimate of drug-likeness (QED) is 0.351. The molecule has 4 heteroatoms. The summed E-state index contributed by atoms with van der Waals surface area (Å²) in [6.07, 6.45) is 16.3. The van der Waals surface area contributed by atoms with Crippen molar-refractivity contribution in [2.24, 2.45) is 23.2 Å². The van der Waals surface area contributed by atoms with Crippen LogP contribution in [0.25, 0.3) is 0 Å². The molecule has 30 heavy (non-hydrogen) atoms. The van der Waals surface area contributed by atoms with Crippen molar-refractivity contribution in [1.29, 1.82) is 0 Å². The zero-order chi connectivity index (χ0) is 22.1. The second kappa shape index (κ2) is 9.32. The van der Waals surface area contributed by atoms with Crippen molar-refractivity contribution in [3.63, 3.8) is 0 Å². The van der Waals surface area contributed by atoms with Crippen LogP contribution in [0.5, 0.6) is 0 Å². The van der Waals surface area contributed by atoms with E-state index >= 15 is 0 Å². The molecule has 0 saturated carbocycles. The number of aliphatic hydroxyl groups excluding tert-OH is 1.